The quantitative estimate of drug-likeness (QED) is 0.810. The van der Waals surface area contributed by atoms with Crippen LogP contribution in [0.3, 0.4) is 0 Å². The van der Waals surface area contributed by atoms with Crippen LogP contribution in [-0.2, 0) is 0 Å². The molecule has 1 aliphatic carbocycles. The van der Waals surface area contributed by atoms with Crippen molar-refractivity contribution in [3.63, 3.8) is 0 Å². The molecule has 0 saturated heterocycles. The van der Waals surface area contributed by atoms with Gasteiger partial charge in [0.1, 0.15) is 5.82 Å². The molecule has 1 atom stereocenters. The summed E-state index contributed by atoms with van der Waals surface area (Å²) < 4.78 is 0. The van der Waals surface area contributed by atoms with Gasteiger partial charge in [-0.3, -0.25) is 4.79 Å². The minimum Gasteiger partial charge on any atom is -0.370 e. The lowest BCUT2D eigenvalue weighted by molar-refractivity contribution is 0.0937. The van der Waals surface area contributed by atoms with Crippen molar-refractivity contribution in [3.8, 4) is 0 Å². The van der Waals surface area contributed by atoms with Gasteiger partial charge >= 0.3 is 0 Å². The molecule has 1 fully saturated rings. The average molecular weight is 296 g/mol. The highest BCUT2D eigenvalue weighted by Gasteiger charge is 2.24. The smallest absolute Gasteiger partial charge is 0.253 e. The van der Waals surface area contributed by atoms with E-state index in [9.17, 15) is 4.79 Å². The second-order valence-corrected chi connectivity index (χ2v) is 5.94. The Morgan fingerprint density at radius 3 is 2.95 bits per heavy atom. The summed E-state index contributed by atoms with van der Waals surface area (Å²) in [5.74, 6) is 1.36. The van der Waals surface area contributed by atoms with E-state index < -0.39 is 0 Å². The van der Waals surface area contributed by atoms with Crippen molar-refractivity contribution in [2.45, 2.75) is 45.6 Å². The molecule has 2 N–H and O–H groups in total. The number of halogens is 1. The summed E-state index contributed by atoms with van der Waals surface area (Å²) in [5, 5.41) is 6.57. The molecule has 0 aliphatic heterocycles. The molecular weight excluding hydrogens is 274 g/mol. The standard InChI is InChI=1S/C15H22ClN3O/c1-3-6-17-14-8-12(13(16)9-18-14)15(20)19-10(2)7-11-4-5-11/h8-11H,3-7H2,1-2H3,(H,17,18)(H,19,20). The Kier molecular flexibility index (Phi) is 5.24. The van der Waals surface area contributed by atoms with Gasteiger partial charge in [0.15, 0.2) is 0 Å². The Morgan fingerprint density at radius 2 is 2.30 bits per heavy atom. The van der Waals surface area contributed by atoms with Crippen molar-refractivity contribution in [1.82, 2.24) is 10.3 Å². The molecule has 0 spiro atoms. The third-order valence-electron chi connectivity index (χ3n) is 3.42. The first-order valence-corrected chi connectivity index (χ1v) is 7.68. The maximum atomic E-state index is 12.3. The first kappa shape index (κ1) is 15.1. The highest BCUT2D eigenvalue weighted by Crippen LogP contribution is 2.33. The fraction of sp³-hybridized carbons (Fsp3) is 0.600. The summed E-state index contributed by atoms with van der Waals surface area (Å²) in [7, 11) is 0. The van der Waals surface area contributed by atoms with Crippen LogP contribution < -0.4 is 10.6 Å². The summed E-state index contributed by atoms with van der Waals surface area (Å²) in [5.41, 5.74) is 0.489. The molecule has 1 saturated carbocycles. The van der Waals surface area contributed by atoms with E-state index in [0.717, 1.165) is 25.3 Å². The Bertz CT molecular complexity index is 474. The maximum Gasteiger partial charge on any atom is 0.253 e. The molecule has 0 radical (unpaired) electrons. The number of nitrogens with zero attached hydrogens (tertiary/aromatic N) is 1. The molecule has 0 aromatic carbocycles. The molecule has 1 heterocycles. The van der Waals surface area contributed by atoms with Crippen molar-refractivity contribution >= 4 is 23.3 Å². The van der Waals surface area contributed by atoms with Crippen LogP contribution in [0.15, 0.2) is 12.3 Å². The summed E-state index contributed by atoms with van der Waals surface area (Å²) in [6.07, 6.45) is 6.17. The Morgan fingerprint density at radius 1 is 1.55 bits per heavy atom. The molecule has 0 bridgehead atoms. The lowest BCUT2D eigenvalue weighted by Gasteiger charge is -2.14. The molecule has 20 heavy (non-hydrogen) atoms. The maximum absolute atomic E-state index is 12.3. The zero-order chi connectivity index (χ0) is 14.5. The van der Waals surface area contributed by atoms with Crippen LogP contribution in [0.2, 0.25) is 5.02 Å². The number of carbonyl (C=O) groups excluding carboxylic acids is 1. The number of hydrogen-bond acceptors (Lipinski definition) is 3. The zero-order valence-corrected chi connectivity index (χ0v) is 12.8. The van der Waals surface area contributed by atoms with Gasteiger partial charge in [-0.2, -0.15) is 0 Å². The Labute approximate surface area is 125 Å². The van der Waals surface area contributed by atoms with E-state index >= 15 is 0 Å². The Hall–Kier alpha value is -1.29. The summed E-state index contributed by atoms with van der Waals surface area (Å²) >= 11 is 6.08. The van der Waals surface area contributed by atoms with Gasteiger partial charge in [0, 0.05) is 18.8 Å². The molecule has 110 valence electrons. The molecule has 4 nitrogen and oxygen atoms in total. The van der Waals surface area contributed by atoms with E-state index in [2.05, 4.69) is 22.5 Å². The van der Waals surface area contributed by atoms with E-state index in [-0.39, 0.29) is 11.9 Å². The molecular formula is C15H22ClN3O. The predicted octanol–water partition coefficient (Wildman–Crippen LogP) is 3.48. The minimum absolute atomic E-state index is 0.120. The first-order valence-electron chi connectivity index (χ1n) is 7.30. The van der Waals surface area contributed by atoms with E-state index in [0.29, 0.717) is 16.4 Å². The van der Waals surface area contributed by atoms with Gasteiger partial charge in [0.2, 0.25) is 0 Å². The van der Waals surface area contributed by atoms with Crippen LogP contribution in [0, 0.1) is 5.92 Å². The number of aromatic nitrogens is 1. The van der Waals surface area contributed by atoms with Crippen LogP contribution >= 0.6 is 11.6 Å². The van der Waals surface area contributed by atoms with Gasteiger partial charge < -0.3 is 10.6 Å². The second kappa shape index (κ2) is 6.93. The number of amides is 1. The molecule has 1 aliphatic rings. The van der Waals surface area contributed by atoms with Crippen LogP contribution in [-0.4, -0.2) is 23.5 Å². The van der Waals surface area contributed by atoms with Crippen LogP contribution in [0.5, 0.6) is 0 Å². The van der Waals surface area contributed by atoms with E-state index in [1.54, 1.807) is 6.07 Å². The third-order valence-corrected chi connectivity index (χ3v) is 3.72. The number of carbonyl (C=O) groups is 1. The predicted molar refractivity (Wildman–Crippen MR) is 82.3 cm³/mol. The largest absolute Gasteiger partial charge is 0.370 e. The van der Waals surface area contributed by atoms with Crippen molar-refractivity contribution in [1.29, 1.82) is 0 Å². The van der Waals surface area contributed by atoms with Crippen molar-refractivity contribution in [2.24, 2.45) is 5.92 Å². The lowest BCUT2D eigenvalue weighted by atomic mass is 10.1. The summed E-state index contributed by atoms with van der Waals surface area (Å²) in [6.45, 7) is 4.95. The third kappa shape index (κ3) is 4.37. The van der Waals surface area contributed by atoms with Crippen LogP contribution in [0.25, 0.3) is 0 Å². The van der Waals surface area contributed by atoms with Crippen molar-refractivity contribution in [3.05, 3.63) is 22.8 Å². The molecule has 1 aromatic heterocycles. The number of hydrogen-bond donors (Lipinski definition) is 2. The number of anilines is 1. The van der Waals surface area contributed by atoms with Crippen molar-refractivity contribution in [2.75, 3.05) is 11.9 Å². The molecule has 2 rings (SSSR count). The summed E-state index contributed by atoms with van der Waals surface area (Å²) in [4.78, 5) is 16.4. The SMILES string of the molecule is CCCNc1cc(C(=O)NC(C)CC2CC2)c(Cl)cn1. The van der Waals surface area contributed by atoms with Crippen LogP contribution in [0.1, 0.15) is 49.9 Å². The van der Waals surface area contributed by atoms with Gasteiger partial charge in [0.25, 0.3) is 5.91 Å². The first-order chi connectivity index (χ1) is 9.60. The Balaban J connectivity index is 1.99. The van der Waals surface area contributed by atoms with E-state index in [4.69, 9.17) is 11.6 Å². The average Bonchev–Trinajstić information content (AvgIpc) is 3.21. The van der Waals surface area contributed by atoms with Gasteiger partial charge in [-0.15, -0.1) is 0 Å². The highest BCUT2D eigenvalue weighted by molar-refractivity contribution is 6.33. The lowest BCUT2D eigenvalue weighted by Crippen LogP contribution is -2.33. The highest BCUT2D eigenvalue weighted by atomic mass is 35.5. The normalized spacial score (nSPS) is 15.8. The van der Waals surface area contributed by atoms with E-state index in [1.165, 1.54) is 19.0 Å². The fourth-order valence-electron chi connectivity index (χ4n) is 2.18. The van der Waals surface area contributed by atoms with Gasteiger partial charge in [-0.25, -0.2) is 4.98 Å². The van der Waals surface area contributed by atoms with Crippen LogP contribution in [0.4, 0.5) is 5.82 Å². The number of rotatable bonds is 7. The minimum atomic E-state index is -0.120. The monoisotopic (exact) mass is 295 g/mol. The zero-order valence-electron chi connectivity index (χ0n) is 12.1. The molecule has 1 unspecified atom stereocenters. The topological polar surface area (TPSA) is 54.0 Å². The molecule has 5 heteroatoms. The van der Waals surface area contributed by atoms with Gasteiger partial charge in [0.05, 0.1) is 10.6 Å². The number of pyridine rings is 1. The van der Waals surface area contributed by atoms with E-state index in [1.807, 2.05) is 6.92 Å². The fourth-order valence-corrected chi connectivity index (χ4v) is 2.37. The molecule has 1 amide bonds. The van der Waals surface area contributed by atoms with Crippen molar-refractivity contribution < 1.29 is 4.79 Å². The number of nitrogens with one attached hydrogen (secondary N) is 2. The molecule has 1 aromatic rings. The van der Waals surface area contributed by atoms with Gasteiger partial charge in [-0.05, 0) is 31.7 Å². The second-order valence-electron chi connectivity index (χ2n) is 5.53. The summed E-state index contributed by atoms with van der Waals surface area (Å²) in [6, 6.07) is 1.91. The van der Waals surface area contributed by atoms with Gasteiger partial charge in [-0.1, -0.05) is 31.4 Å².